The van der Waals surface area contributed by atoms with Crippen LogP contribution < -0.4 is 10.2 Å². The van der Waals surface area contributed by atoms with E-state index in [-0.39, 0.29) is 11.7 Å². The van der Waals surface area contributed by atoms with Gasteiger partial charge in [-0.3, -0.25) is 10.2 Å². The van der Waals surface area contributed by atoms with Gasteiger partial charge in [-0.05, 0) is 30.3 Å². The number of nitrogens with one attached hydrogen (secondary N) is 1. The number of hydrogen-bond acceptors (Lipinski definition) is 4. The summed E-state index contributed by atoms with van der Waals surface area (Å²) in [6, 6.07) is 16.1. The Morgan fingerprint density at radius 3 is 2.55 bits per heavy atom. The third kappa shape index (κ3) is 4.10. The number of ether oxygens (including phenoxy) is 1. The van der Waals surface area contributed by atoms with Gasteiger partial charge in [-0.25, -0.2) is 0 Å². The van der Waals surface area contributed by atoms with Crippen LogP contribution in [0.25, 0.3) is 0 Å². The monoisotopic (exact) mass is 288 g/mol. The third-order valence-electron chi connectivity index (χ3n) is 2.37. The molecule has 20 heavy (non-hydrogen) atoms. The zero-order valence-electron chi connectivity index (χ0n) is 10.8. The molecule has 0 amide bonds. The number of Topliss-reactive ketones (excluding diaryl/α,β-unsaturated/α-hetero) is 1. The van der Waals surface area contributed by atoms with E-state index >= 15 is 0 Å². The molecule has 2 rings (SSSR count). The van der Waals surface area contributed by atoms with E-state index < -0.39 is 0 Å². The Labute approximate surface area is 122 Å². The molecule has 0 saturated heterocycles. The SMILES string of the molecule is CC(=O)C(=NNc1ccccc1)Oc1cccc(Cl)c1. The second-order valence-electron chi connectivity index (χ2n) is 4.01. The van der Waals surface area contributed by atoms with Crippen molar-refractivity contribution in [3.05, 3.63) is 59.6 Å². The Bertz CT molecular complexity index is 627. The minimum absolute atomic E-state index is 0.0314. The third-order valence-corrected chi connectivity index (χ3v) is 2.61. The van der Waals surface area contributed by atoms with Gasteiger partial charge in [-0.15, -0.1) is 5.10 Å². The molecule has 0 radical (unpaired) electrons. The molecular weight excluding hydrogens is 276 g/mol. The lowest BCUT2D eigenvalue weighted by atomic mass is 10.3. The number of nitrogens with zero attached hydrogens (tertiary/aromatic N) is 1. The zero-order chi connectivity index (χ0) is 14.4. The molecule has 0 aliphatic carbocycles. The summed E-state index contributed by atoms with van der Waals surface area (Å²) in [4.78, 5) is 11.5. The van der Waals surface area contributed by atoms with Gasteiger partial charge in [-0.1, -0.05) is 35.9 Å². The van der Waals surface area contributed by atoms with E-state index in [1.165, 1.54) is 6.92 Å². The number of hydrogen-bond donors (Lipinski definition) is 1. The summed E-state index contributed by atoms with van der Waals surface area (Å²) in [6.45, 7) is 1.38. The normalized spacial score (nSPS) is 11.0. The van der Waals surface area contributed by atoms with Crippen molar-refractivity contribution in [2.75, 3.05) is 5.43 Å². The van der Waals surface area contributed by atoms with E-state index in [0.29, 0.717) is 10.8 Å². The number of benzene rings is 2. The van der Waals surface area contributed by atoms with Crippen molar-refractivity contribution in [2.45, 2.75) is 6.92 Å². The minimum atomic E-state index is -0.284. The van der Waals surface area contributed by atoms with Crippen LogP contribution >= 0.6 is 11.6 Å². The molecule has 0 unspecified atom stereocenters. The largest absolute Gasteiger partial charge is 0.435 e. The van der Waals surface area contributed by atoms with Gasteiger partial charge in [0.2, 0.25) is 5.78 Å². The lowest BCUT2D eigenvalue weighted by Gasteiger charge is -2.07. The maximum absolute atomic E-state index is 11.5. The second kappa shape index (κ2) is 6.73. The number of anilines is 1. The smallest absolute Gasteiger partial charge is 0.280 e. The molecule has 0 heterocycles. The summed E-state index contributed by atoms with van der Waals surface area (Å²) in [5, 5.41) is 4.50. The zero-order valence-corrected chi connectivity index (χ0v) is 11.6. The highest BCUT2D eigenvalue weighted by atomic mass is 35.5. The van der Waals surface area contributed by atoms with Gasteiger partial charge in [0.15, 0.2) is 0 Å². The van der Waals surface area contributed by atoms with Crippen molar-refractivity contribution in [1.82, 2.24) is 0 Å². The Balaban J connectivity index is 2.13. The standard InChI is InChI=1S/C15H13ClN2O2/c1-11(19)15(18-17-13-7-3-2-4-8-13)20-14-9-5-6-12(16)10-14/h2-10,17H,1H3. The van der Waals surface area contributed by atoms with Crippen molar-refractivity contribution < 1.29 is 9.53 Å². The lowest BCUT2D eigenvalue weighted by molar-refractivity contribution is -0.111. The Kier molecular flexibility index (Phi) is 4.74. The number of carbonyl (C=O) groups excluding carboxylic acids is 1. The molecule has 0 aliphatic heterocycles. The van der Waals surface area contributed by atoms with Crippen molar-refractivity contribution in [1.29, 1.82) is 0 Å². The number of rotatable bonds is 4. The van der Waals surface area contributed by atoms with Crippen molar-refractivity contribution in [3.8, 4) is 5.75 Å². The fourth-order valence-corrected chi connectivity index (χ4v) is 1.62. The minimum Gasteiger partial charge on any atom is -0.435 e. The van der Waals surface area contributed by atoms with Crippen molar-refractivity contribution >= 4 is 29.0 Å². The quantitative estimate of drug-likeness (QED) is 0.530. The average molecular weight is 289 g/mol. The number of carbonyl (C=O) groups is 1. The Morgan fingerprint density at radius 1 is 1.15 bits per heavy atom. The van der Waals surface area contributed by atoms with Gasteiger partial charge in [0.25, 0.3) is 5.90 Å². The number of hydrazone groups is 1. The highest BCUT2D eigenvalue weighted by Gasteiger charge is 2.09. The van der Waals surface area contributed by atoms with Crippen LogP contribution in [-0.4, -0.2) is 11.7 Å². The second-order valence-corrected chi connectivity index (χ2v) is 4.45. The fraction of sp³-hybridized carbons (Fsp3) is 0.0667. The fourth-order valence-electron chi connectivity index (χ4n) is 1.44. The van der Waals surface area contributed by atoms with E-state index in [0.717, 1.165) is 5.69 Å². The van der Waals surface area contributed by atoms with Gasteiger partial charge in [-0.2, -0.15) is 0 Å². The number of ketones is 1. The topological polar surface area (TPSA) is 50.7 Å². The molecule has 2 aromatic rings. The summed E-state index contributed by atoms with van der Waals surface area (Å²) in [7, 11) is 0. The molecule has 0 fully saturated rings. The molecule has 0 aliphatic rings. The van der Waals surface area contributed by atoms with E-state index in [2.05, 4.69) is 10.5 Å². The molecule has 0 atom stereocenters. The first-order valence-corrected chi connectivity index (χ1v) is 6.36. The predicted molar refractivity (Wildman–Crippen MR) is 80.3 cm³/mol. The van der Waals surface area contributed by atoms with Crippen molar-refractivity contribution in [3.63, 3.8) is 0 Å². The van der Waals surface area contributed by atoms with Gasteiger partial charge in [0.1, 0.15) is 5.75 Å². The molecule has 102 valence electrons. The summed E-state index contributed by atoms with van der Waals surface area (Å²) in [6.07, 6.45) is 0. The van der Waals surface area contributed by atoms with E-state index in [1.54, 1.807) is 24.3 Å². The summed E-state index contributed by atoms with van der Waals surface area (Å²) >= 11 is 5.86. The van der Waals surface area contributed by atoms with Gasteiger partial charge in [0, 0.05) is 11.9 Å². The summed E-state index contributed by atoms with van der Waals surface area (Å²) in [5.74, 6) is 0.144. The van der Waals surface area contributed by atoms with Crippen molar-refractivity contribution in [2.24, 2.45) is 5.10 Å². The van der Waals surface area contributed by atoms with E-state index in [1.807, 2.05) is 30.3 Å². The van der Waals surface area contributed by atoms with Crippen LogP contribution in [0.15, 0.2) is 59.7 Å². The Hall–Kier alpha value is -2.33. The number of para-hydroxylation sites is 1. The van der Waals surface area contributed by atoms with Gasteiger partial charge < -0.3 is 4.74 Å². The molecular formula is C15H13ClN2O2. The highest BCUT2D eigenvalue weighted by molar-refractivity contribution is 6.36. The van der Waals surface area contributed by atoms with Crippen LogP contribution in [0.5, 0.6) is 5.75 Å². The van der Waals surface area contributed by atoms with Gasteiger partial charge >= 0.3 is 0 Å². The van der Waals surface area contributed by atoms with Crippen LogP contribution in [0, 0.1) is 0 Å². The van der Waals surface area contributed by atoms with Crippen LogP contribution in [0.1, 0.15) is 6.92 Å². The molecule has 4 nitrogen and oxygen atoms in total. The van der Waals surface area contributed by atoms with Crippen LogP contribution in [0.2, 0.25) is 5.02 Å². The van der Waals surface area contributed by atoms with E-state index in [4.69, 9.17) is 16.3 Å². The number of halogens is 1. The predicted octanol–water partition coefficient (Wildman–Crippen LogP) is 3.73. The Morgan fingerprint density at radius 2 is 1.90 bits per heavy atom. The van der Waals surface area contributed by atoms with Crippen LogP contribution in [0.4, 0.5) is 5.69 Å². The molecule has 0 bridgehead atoms. The van der Waals surface area contributed by atoms with E-state index in [9.17, 15) is 4.79 Å². The maximum Gasteiger partial charge on any atom is 0.280 e. The molecule has 0 aromatic heterocycles. The highest BCUT2D eigenvalue weighted by Crippen LogP contribution is 2.17. The molecule has 2 aromatic carbocycles. The summed E-state index contributed by atoms with van der Waals surface area (Å²) in [5.41, 5.74) is 3.53. The first-order valence-electron chi connectivity index (χ1n) is 5.98. The molecule has 5 heteroatoms. The first-order chi connectivity index (χ1) is 9.65. The molecule has 0 saturated carbocycles. The average Bonchev–Trinajstić information content (AvgIpc) is 2.44. The molecule has 0 spiro atoms. The summed E-state index contributed by atoms with van der Waals surface area (Å²) < 4.78 is 5.43. The maximum atomic E-state index is 11.5. The van der Waals surface area contributed by atoms with Crippen LogP contribution in [-0.2, 0) is 4.79 Å². The van der Waals surface area contributed by atoms with Crippen LogP contribution in [0.3, 0.4) is 0 Å². The first kappa shape index (κ1) is 14.1. The van der Waals surface area contributed by atoms with Gasteiger partial charge in [0.05, 0.1) is 5.69 Å². The molecule has 1 N–H and O–H groups in total. The lowest BCUT2D eigenvalue weighted by Crippen LogP contribution is -2.19.